The molecule has 3 N–H and O–H groups in total. The van der Waals surface area contributed by atoms with Crippen LogP contribution in [0.25, 0.3) is 5.73 Å². The molecule has 3 atom stereocenters. The summed E-state index contributed by atoms with van der Waals surface area (Å²) in [5.74, 6) is -3.06. The van der Waals surface area contributed by atoms with Gasteiger partial charge in [-0.3, -0.25) is 0 Å². The van der Waals surface area contributed by atoms with E-state index in [0.29, 0.717) is 11.3 Å². The second kappa shape index (κ2) is 9.99. The number of carbonyl (C=O) groups is 2. The molecular weight excluding hydrogens is 488 g/mol. The quantitative estimate of drug-likeness (QED) is 0.386. The number of hydrogen-bond acceptors (Lipinski definition) is 2. The van der Waals surface area contributed by atoms with E-state index in [2.05, 4.69) is 6.92 Å². The molecule has 0 aromatic rings. The maximum absolute atomic E-state index is 9.10. The SMILES string of the molecule is O=C(O)C(=O)O.[CH2-][C@@H]1CCC[C@@]12CCC[C@@H]2[NH-].[Cl][Pt+2][Cl]. The van der Waals surface area contributed by atoms with Gasteiger partial charge in [-0.15, -0.1) is 6.04 Å². The first-order valence-corrected chi connectivity index (χ1v) is 11.8. The Morgan fingerprint density at radius 2 is 1.55 bits per heavy atom. The number of carboxylic acids is 2. The molecule has 0 saturated heterocycles. The molecule has 0 bridgehead atoms. The van der Waals surface area contributed by atoms with Gasteiger partial charge in [0.2, 0.25) is 0 Å². The molecule has 20 heavy (non-hydrogen) atoms. The number of aliphatic carboxylic acids is 2. The summed E-state index contributed by atoms with van der Waals surface area (Å²) in [5, 5.41) is 14.8. The third-order valence-electron chi connectivity index (χ3n) is 4.02. The fourth-order valence-corrected chi connectivity index (χ4v) is 3.05. The normalized spacial score (nSPS) is 31.2. The van der Waals surface area contributed by atoms with Crippen LogP contribution in [0.3, 0.4) is 0 Å². The van der Waals surface area contributed by atoms with E-state index in [1.165, 1.54) is 32.1 Å². The molecule has 1 spiro atoms. The summed E-state index contributed by atoms with van der Waals surface area (Å²) in [4.78, 5) is 18.2. The van der Waals surface area contributed by atoms with Crippen molar-refractivity contribution in [2.24, 2.45) is 11.3 Å². The van der Waals surface area contributed by atoms with Crippen molar-refractivity contribution in [2.45, 2.75) is 44.6 Å². The molecule has 0 radical (unpaired) electrons. The second-order valence-electron chi connectivity index (χ2n) is 4.92. The molecule has 2 fully saturated rings. The van der Waals surface area contributed by atoms with E-state index in [4.69, 9.17) is 44.4 Å². The average molecular weight is 507 g/mol. The third kappa shape index (κ3) is 5.88. The zero-order valence-corrected chi connectivity index (χ0v) is 14.7. The van der Waals surface area contributed by atoms with Gasteiger partial charge >= 0.3 is 47.3 Å². The first-order valence-electron chi connectivity index (χ1n) is 6.14. The summed E-state index contributed by atoms with van der Waals surface area (Å²) >= 11 is -0.472. The summed E-state index contributed by atoms with van der Waals surface area (Å²) in [6, 6.07) is 0.215. The molecule has 0 aromatic heterocycles. The summed E-state index contributed by atoms with van der Waals surface area (Å²) in [5.41, 5.74) is 8.33. The van der Waals surface area contributed by atoms with Crippen LogP contribution in [0.4, 0.5) is 0 Å². The minimum absolute atomic E-state index is 0.215. The minimum atomic E-state index is -1.82. The number of halogens is 2. The van der Waals surface area contributed by atoms with Gasteiger partial charge in [0.1, 0.15) is 0 Å². The average Bonchev–Trinajstić information content (AvgIpc) is 2.91. The van der Waals surface area contributed by atoms with Gasteiger partial charge in [0.05, 0.1) is 0 Å². The monoisotopic (exact) mass is 506 g/mol. The van der Waals surface area contributed by atoms with Crippen LogP contribution in [0.1, 0.15) is 38.5 Å². The molecule has 2 rings (SSSR count). The van der Waals surface area contributed by atoms with Crippen LogP contribution < -0.4 is 0 Å². The van der Waals surface area contributed by atoms with E-state index < -0.39 is 28.4 Å². The Kier molecular flexibility index (Phi) is 10.1. The molecule has 0 aromatic carbocycles. The van der Waals surface area contributed by atoms with E-state index in [1.54, 1.807) is 0 Å². The molecule has 2 aliphatic rings. The second-order valence-corrected chi connectivity index (χ2v) is 8.21. The van der Waals surface area contributed by atoms with Crippen LogP contribution in [0.15, 0.2) is 0 Å². The molecule has 0 unspecified atom stereocenters. The Morgan fingerprint density at radius 3 is 1.80 bits per heavy atom. The first-order chi connectivity index (χ1) is 9.31. The summed E-state index contributed by atoms with van der Waals surface area (Å²) < 4.78 is 0. The number of hydrogen-bond donors (Lipinski definition) is 2. The van der Waals surface area contributed by atoms with Crippen LogP contribution in [0, 0.1) is 18.3 Å². The van der Waals surface area contributed by atoms with E-state index in [1.807, 2.05) is 0 Å². The van der Waals surface area contributed by atoms with Gasteiger partial charge in [-0.05, 0) is 0 Å². The van der Waals surface area contributed by atoms with Crippen LogP contribution >= 0.6 is 18.8 Å². The van der Waals surface area contributed by atoms with Gasteiger partial charge in [0, 0.05) is 0 Å². The van der Waals surface area contributed by atoms with Crippen molar-refractivity contribution >= 4 is 30.8 Å². The molecule has 8 heteroatoms. The fraction of sp³-hybridized carbons (Fsp3) is 0.750. The van der Waals surface area contributed by atoms with Crippen LogP contribution in [0.2, 0.25) is 0 Å². The topological polar surface area (TPSA) is 98.4 Å². The number of carboxylic acid groups (broad SMARTS) is 2. The summed E-state index contributed by atoms with van der Waals surface area (Å²) in [6.07, 6.45) is 7.58. The Bertz CT molecular complexity index is 301. The van der Waals surface area contributed by atoms with E-state index in [9.17, 15) is 0 Å². The van der Waals surface area contributed by atoms with Crippen LogP contribution in [-0.4, -0.2) is 28.2 Å². The molecular formula is C12H19Cl2NO4Pt. The van der Waals surface area contributed by atoms with E-state index in [0.717, 1.165) is 6.42 Å². The van der Waals surface area contributed by atoms with Gasteiger partial charge in [0.25, 0.3) is 0 Å². The van der Waals surface area contributed by atoms with Crippen molar-refractivity contribution in [3.8, 4) is 0 Å². The van der Waals surface area contributed by atoms with Crippen molar-refractivity contribution in [1.82, 2.24) is 0 Å². The molecule has 0 heterocycles. The van der Waals surface area contributed by atoms with Crippen LogP contribution in [0.5, 0.6) is 0 Å². The predicted octanol–water partition coefficient (Wildman–Crippen LogP) is 3.74. The first kappa shape index (κ1) is 20.2. The van der Waals surface area contributed by atoms with Gasteiger partial charge in [0.15, 0.2) is 0 Å². The Labute approximate surface area is 135 Å². The van der Waals surface area contributed by atoms with E-state index in [-0.39, 0.29) is 6.04 Å². The van der Waals surface area contributed by atoms with Crippen molar-refractivity contribution in [1.29, 1.82) is 0 Å². The van der Waals surface area contributed by atoms with Crippen molar-refractivity contribution in [3.63, 3.8) is 0 Å². The van der Waals surface area contributed by atoms with E-state index >= 15 is 0 Å². The standard InChI is InChI=1S/C10H17N.C2H2O4.2ClH.Pt/c1-8-4-2-6-10(8)7-3-5-9(10)11;3-1(4)2(5)6;;;/h8-9,11H,1-7H2;(H,3,4)(H,5,6);2*1H;/q-2;;;;+4/p-2/t8-,9+,10-;;;;/m1..../s1. The summed E-state index contributed by atoms with van der Waals surface area (Å²) in [6.45, 7) is 4.20. The van der Waals surface area contributed by atoms with Crippen LogP contribution in [-0.2, 0) is 26.1 Å². The molecule has 2 aliphatic carbocycles. The van der Waals surface area contributed by atoms with Gasteiger partial charge in [-0.1, -0.05) is 43.9 Å². The number of rotatable bonds is 0. The summed E-state index contributed by atoms with van der Waals surface area (Å²) in [7, 11) is 9.75. The van der Waals surface area contributed by atoms with Crippen molar-refractivity contribution in [2.75, 3.05) is 0 Å². The zero-order chi connectivity index (χ0) is 15.8. The fourth-order valence-electron chi connectivity index (χ4n) is 3.05. The maximum atomic E-state index is 9.10. The molecule has 2 saturated carbocycles. The van der Waals surface area contributed by atoms with Gasteiger partial charge < -0.3 is 22.9 Å². The number of nitrogens with one attached hydrogen (secondary N) is 1. The Balaban J connectivity index is 0.000000344. The van der Waals surface area contributed by atoms with Gasteiger partial charge in [-0.2, -0.15) is 5.92 Å². The van der Waals surface area contributed by atoms with Gasteiger partial charge in [-0.25, -0.2) is 9.59 Å². The van der Waals surface area contributed by atoms with Crippen molar-refractivity contribution < 1.29 is 36.3 Å². The molecule has 5 nitrogen and oxygen atoms in total. The zero-order valence-electron chi connectivity index (χ0n) is 10.9. The van der Waals surface area contributed by atoms with Crippen molar-refractivity contribution in [3.05, 3.63) is 12.7 Å². The Hall–Kier alpha value is 0.168. The Morgan fingerprint density at radius 1 is 1.15 bits per heavy atom. The molecule has 0 amide bonds. The molecule has 120 valence electrons. The molecule has 0 aliphatic heterocycles. The third-order valence-corrected chi connectivity index (χ3v) is 4.02. The predicted molar refractivity (Wildman–Crippen MR) is 74.1 cm³/mol.